The molecule has 1 aliphatic carbocycles. The Bertz CT molecular complexity index is 534. The maximum atomic E-state index is 11.9. The molecule has 0 saturated heterocycles. The summed E-state index contributed by atoms with van der Waals surface area (Å²) in [5, 5.41) is 8.78. The van der Waals surface area contributed by atoms with Crippen molar-refractivity contribution in [3.63, 3.8) is 0 Å². The number of nitrogens with one attached hydrogen (secondary N) is 3. The molecule has 0 unspecified atom stereocenters. The Hall–Kier alpha value is -2.04. The van der Waals surface area contributed by atoms with Gasteiger partial charge in [0.05, 0.1) is 0 Å². The van der Waals surface area contributed by atoms with Crippen molar-refractivity contribution in [3.05, 3.63) is 35.4 Å². The van der Waals surface area contributed by atoms with Crippen LogP contribution in [0.5, 0.6) is 0 Å². The topological polar surface area (TPSA) is 70.2 Å². The number of hydrogen-bond donors (Lipinski definition) is 3. The van der Waals surface area contributed by atoms with Crippen LogP contribution in [0.3, 0.4) is 0 Å². The standard InChI is InChI=1S/C19H29N3O2/c1-14-3-5-16(6-4-14)12-21-19(24)22-13-18-9-7-17(8-10-18)11-20-15(2)23/h3-6,17-18H,7-13H2,1-2H3,(H,20,23)(H2,21,22,24). The summed E-state index contributed by atoms with van der Waals surface area (Å²) in [7, 11) is 0. The zero-order chi connectivity index (χ0) is 17.4. The molecule has 3 amide bonds. The van der Waals surface area contributed by atoms with Gasteiger partial charge in [0.2, 0.25) is 5.91 Å². The number of rotatable bonds is 6. The number of benzene rings is 1. The third kappa shape index (κ3) is 6.60. The summed E-state index contributed by atoms with van der Waals surface area (Å²) in [4.78, 5) is 22.8. The zero-order valence-electron chi connectivity index (χ0n) is 14.7. The number of amides is 3. The highest BCUT2D eigenvalue weighted by Gasteiger charge is 2.21. The van der Waals surface area contributed by atoms with Gasteiger partial charge in [-0.1, -0.05) is 29.8 Å². The monoisotopic (exact) mass is 331 g/mol. The first-order chi connectivity index (χ1) is 11.5. The molecule has 1 fully saturated rings. The van der Waals surface area contributed by atoms with Crippen LogP contribution in [0.2, 0.25) is 0 Å². The molecule has 1 aromatic carbocycles. The molecule has 0 bridgehead atoms. The molecule has 0 atom stereocenters. The number of carbonyl (C=O) groups excluding carboxylic acids is 2. The molecule has 24 heavy (non-hydrogen) atoms. The van der Waals surface area contributed by atoms with Crippen molar-refractivity contribution in [3.8, 4) is 0 Å². The Kier molecular flexibility index (Phi) is 7.09. The largest absolute Gasteiger partial charge is 0.356 e. The minimum absolute atomic E-state index is 0.0454. The fourth-order valence-electron chi connectivity index (χ4n) is 3.12. The molecule has 0 aliphatic heterocycles. The van der Waals surface area contributed by atoms with E-state index in [0.29, 0.717) is 18.4 Å². The molecule has 1 aromatic rings. The van der Waals surface area contributed by atoms with E-state index in [9.17, 15) is 9.59 Å². The Balaban J connectivity index is 1.59. The van der Waals surface area contributed by atoms with E-state index in [1.807, 2.05) is 24.3 Å². The summed E-state index contributed by atoms with van der Waals surface area (Å²) in [5.74, 6) is 1.17. The average molecular weight is 331 g/mol. The van der Waals surface area contributed by atoms with E-state index in [1.165, 1.54) is 5.56 Å². The molecule has 3 N–H and O–H groups in total. The molecule has 5 nitrogen and oxygen atoms in total. The third-order valence-electron chi connectivity index (χ3n) is 4.73. The predicted molar refractivity (Wildman–Crippen MR) is 95.5 cm³/mol. The Morgan fingerprint density at radius 2 is 1.46 bits per heavy atom. The fraction of sp³-hybridized carbons (Fsp3) is 0.579. The molecule has 1 aliphatic rings. The van der Waals surface area contributed by atoms with Crippen molar-refractivity contribution in [1.29, 1.82) is 0 Å². The molecule has 2 rings (SSSR count). The van der Waals surface area contributed by atoms with Crippen LogP contribution in [0, 0.1) is 18.8 Å². The van der Waals surface area contributed by atoms with Gasteiger partial charge in [0, 0.05) is 26.6 Å². The lowest BCUT2D eigenvalue weighted by atomic mass is 9.82. The number of carbonyl (C=O) groups is 2. The van der Waals surface area contributed by atoms with E-state index >= 15 is 0 Å². The zero-order valence-corrected chi connectivity index (χ0v) is 14.7. The lowest BCUT2D eigenvalue weighted by Gasteiger charge is -2.28. The SMILES string of the molecule is CC(=O)NCC1CCC(CNC(=O)NCc2ccc(C)cc2)CC1. The minimum Gasteiger partial charge on any atom is -0.356 e. The van der Waals surface area contributed by atoms with Gasteiger partial charge in [0.25, 0.3) is 0 Å². The van der Waals surface area contributed by atoms with Gasteiger partial charge < -0.3 is 16.0 Å². The van der Waals surface area contributed by atoms with Gasteiger partial charge in [-0.15, -0.1) is 0 Å². The Labute approximate surface area is 144 Å². The summed E-state index contributed by atoms with van der Waals surface area (Å²) in [6.45, 7) is 5.67. The lowest BCUT2D eigenvalue weighted by molar-refractivity contribution is -0.119. The molecule has 0 heterocycles. The summed E-state index contributed by atoms with van der Waals surface area (Å²) < 4.78 is 0. The minimum atomic E-state index is -0.101. The summed E-state index contributed by atoms with van der Waals surface area (Å²) in [5.41, 5.74) is 2.33. The number of hydrogen-bond acceptors (Lipinski definition) is 2. The van der Waals surface area contributed by atoms with Gasteiger partial charge in [-0.05, 0) is 50.0 Å². The second-order valence-corrected chi connectivity index (χ2v) is 6.87. The van der Waals surface area contributed by atoms with Crippen LogP contribution in [0.25, 0.3) is 0 Å². The van der Waals surface area contributed by atoms with E-state index in [1.54, 1.807) is 6.92 Å². The third-order valence-corrected chi connectivity index (χ3v) is 4.73. The molecular weight excluding hydrogens is 302 g/mol. The van der Waals surface area contributed by atoms with Crippen LogP contribution in [0.4, 0.5) is 4.79 Å². The predicted octanol–water partition coefficient (Wildman–Crippen LogP) is 2.74. The van der Waals surface area contributed by atoms with Crippen LogP contribution >= 0.6 is 0 Å². The van der Waals surface area contributed by atoms with Crippen LogP contribution in [-0.4, -0.2) is 25.0 Å². The van der Waals surface area contributed by atoms with Gasteiger partial charge >= 0.3 is 6.03 Å². The number of aryl methyl sites for hydroxylation is 1. The van der Waals surface area contributed by atoms with Crippen LogP contribution in [0.15, 0.2) is 24.3 Å². The van der Waals surface area contributed by atoms with Crippen molar-refractivity contribution in [1.82, 2.24) is 16.0 Å². The van der Waals surface area contributed by atoms with Crippen LogP contribution in [0.1, 0.15) is 43.7 Å². The van der Waals surface area contributed by atoms with Crippen molar-refractivity contribution >= 4 is 11.9 Å². The molecule has 0 radical (unpaired) electrons. The summed E-state index contributed by atoms with van der Waals surface area (Å²) in [6, 6.07) is 8.07. The smallest absolute Gasteiger partial charge is 0.315 e. The van der Waals surface area contributed by atoms with Crippen molar-refractivity contribution < 1.29 is 9.59 Å². The van der Waals surface area contributed by atoms with Gasteiger partial charge in [-0.2, -0.15) is 0 Å². The average Bonchev–Trinajstić information content (AvgIpc) is 2.58. The quantitative estimate of drug-likeness (QED) is 0.750. The van der Waals surface area contributed by atoms with Gasteiger partial charge in [-0.3, -0.25) is 4.79 Å². The summed E-state index contributed by atoms with van der Waals surface area (Å²) >= 11 is 0. The molecule has 1 saturated carbocycles. The fourth-order valence-corrected chi connectivity index (χ4v) is 3.12. The van der Waals surface area contributed by atoms with Crippen LogP contribution in [-0.2, 0) is 11.3 Å². The van der Waals surface area contributed by atoms with E-state index in [0.717, 1.165) is 44.3 Å². The first-order valence-electron chi connectivity index (χ1n) is 8.84. The Morgan fingerprint density at radius 1 is 0.917 bits per heavy atom. The molecular formula is C19H29N3O2. The number of urea groups is 1. The van der Waals surface area contributed by atoms with E-state index in [-0.39, 0.29) is 11.9 Å². The first-order valence-corrected chi connectivity index (χ1v) is 8.84. The summed E-state index contributed by atoms with van der Waals surface area (Å²) in [6.07, 6.45) is 4.47. The molecule has 5 heteroatoms. The molecule has 0 aromatic heterocycles. The van der Waals surface area contributed by atoms with Gasteiger partial charge in [0.15, 0.2) is 0 Å². The first kappa shape index (κ1) is 18.3. The van der Waals surface area contributed by atoms with E-state index < -0.39 is 0 Å². The highest BCUT2D eigenvalue weighted by molar-refractivity contribution is 5.73. The van der Waals surface area contributed by atoms with Gasteiger partial charge in [0.1, 0.15) is 0 Å². The molecule has 0 spiro atoms. The van der Waals surface area contributed by atoms with Crippen molar-refractivity contribution in [2.24, 2.45) is 11.8 Å². The highest BCUT2D eigenvalue weighted by atomic mass is 16.2. The highest BCUT2D eigenvalue weighted by Crippen LogP contribution is 2.27. The van der Waals surface area contributed by atoms with Crippen molar-refractivity contribution in [2.45, 2.75) is 46.1 Å². The second kappa shape index (κ2) is 9.30. The molecule has 132 valence electrons. The lowest BCUT2D eigenvalue weighted by Crippen LogP contribution is -2.39. The van der Waals surface area contributed by atoms with E-state index in [4.69, 9.17) is 0 Å². The maximum absolute atomic E-state index is 11.9. The van der Waals surface area contributed by atoms with Crippen molar-refractivity contribution in [2.75, 3.05) is 13.1 Å². The maximum Gasteiger partial charge on any atom is 0.315 e. The van der Waals surface area contributed by atoms with Crippen LogP contribution < -0.4 is 16.0 Å². The second-order valence-electron chi connectivity index (χ2n) is 6.87. The van der Waals surface area contributed by atoms with Gasteiger partial charge in [-0.25, -0.2) is 4.79 Å². The van der Waals surface area contributed by atoms with E-state index in [2.05, 4.69) is 22.9 Å². The Morgan fingerprint density at radius 3 is 2.00 bits per heavy atom. The normalized spacial score (nSPS) is 20.2.